The molecule has 0 radical (unpaired) electrons. The molecule has 1 heterocycles. The van der Waals surface area contributed by atoms with E-state index in [1.807, 2.05) is 12.1 Å². The van der Waals surface area contributed by atoms with Gasteiger partial charge < -0.3 is 11.1 Å². The molecular formula is C16H19N3O. The summed E-state index contributed by atoms with van der Waals surface area (Å²) in [5.74, 6) is -0.152. The summed E-state index contributed by atoms with van der Waals surface area (Å²) >= 11 is 0. The molecule has 1 amide bonds. The first-order valence-electron chi connectivity index (χ1n) is 6.68. The lowest BCUT2D eigenvalue weighted by molar-refractivity contribution is 0.0949. The Morgan fingerprint density at radius 1 is 1.25 bits per heavy atom. The second-order valence-electron chi connectivity index (χ2n) is 4.75. The topological polar surface area (TPSA) is 68.0 Å². The molecular weight excluding hydrogens is 250 g/mol. The zero-order chi connectivity index (χ0) is 14.4. The summed E-state index contributed by atoms with van der Waals surface area (Å²) in [5.41, 5.74) is 9.28. The zero-order valence-electron chi connectivity index (χ0n) is 11.6. The molecule has 0 fully saturated rings. The minimum atomic E-state index is -0.152. The highest BCUT2D eigenvalue weighted by atomic mass is 16.1. The van der Waals surface area contributed by atoms with Crippen molar-refractivity contribution in [2.24, 2.45) is 5.73 Å². The molecule has 1 aromatic heterocycles. The van der Waals surface area contributed by atoms with Gasteiger partial charge in [-0.05, 0) is 30.5 Å². The third kappa shape index (κ3) is 3.90. The molecule has 3 N–H and O–H groups in total. The van der Waals surface area contributed by atoms with Gasteiger partial charge in [-0.25, -0.2) is 0 Å². The number of aryl methyl sites for hydroxylation is 1. The molecule has 0 aliphatic rings. The van der Waals surface area contributed by atoms with Gasteiger partial charge in [0.25, 0.3) is 5.91 Å². The number of nitrogens with two attached hydrogens (primary N) is 1. The highest BCUT2D eigenvalue weighted by molar-refractivity contribution is 5.92. The molecule has 0 aliphatic heterocycles. The lowest BCUT2D eigenvalue weighted by Crippen LogP contribution is -2.26. The summed E-state index contributed by atoms with van der Waals surface area (Å²) in [5, 5.41) is 2.87. The summed E-state index contributed by atoms with van der Waals surface area (Å²) in [6, 6.07) is 11.8. The Hall–Kier alpha value is -2.20. The number of nitrogens with zero attached hydrogens (tertiary/aromatic N) is 1. The van der Waals surface area contributed by atoms with E-state index in [2.05, 4.69) is 35.4 Å². The maximum Gasteiger partial charge on any atom is 0.269 e. The van der Waals surface area contributed by atoms with Gasteiger partial charge in [0.1, 0.15) is 5.69 Å². The van der Waals surface area contributed by atoms with Crippen LogP contribution in [0, 0.1) is 6.92 Å². The van der Waals surface area contributed by atoms with Gasteiger partial charge in [-0.15, -0.1) is 0 Å². The molecule has 0 saturated heterocycles. The molecule has 4 nitrogen and oxygen atoms in total. The maximum atomic E-state index is 11.9. The molecule has 0 unspecified atom stereocenters. The summed E-state index contributed by atoms with van der Waals surface area (Å²) in [6.07, 6.45) is 2.45. The molecule has 0 spiro atoms. The van der Waals surface area contributed by atoms with Crippen LogP contribution in [0.2, 0.25) is 0 Å². The van der Waals surface area contributed by atoms with Gasteiger partial charge in [0, 0.05) is 19.3 Å². The van der Waals surface area contributed by atoms with E-state index in [-0.39, 0.29) is 5.91 Å². The van der Waals surface area contributed by atoms with Crippen LogP contribution in [0.25, 0.3) is 0 Å². The van der Waals surface area contributed by atoms with Crippen molar-refractivity contribution in [3.8, 4) is 0 Å². The van der Waals surface area contributed by atoms with Gasteiger partial charge in [0.15, 0.2) is 0 Å². The Bertz CT molecular complexity index is 579. The van der Waals surface area contributed by atoms with Crippen LogP contribution in [0.5, 0.6) is 0 Å². The molecule has 20 heavy (non-hydrogen) atoms. The fourth-order valence-corrected chi connectivity index (χ4v) is 1.96. The van der Waals surface area contributed by atoms with Crippen LogP contribution in [0.4, 0.5) is 0 Å². The number of hydrogen-bond donors (Lipinski definition) is 2. The van der Waals surface area contributed by atoms with Gasteiger partial charge in [-0.2, -0.15) is 0 Å². The lowest BCUT2D eigenvalue weighted by atomic mass is 10.1. The van der Waals surface area contributed by atoms with E-state index < -0.39 is 0 Å². The van der Waals surface area contributed by atoms with Crippen molar-refractivity contribution in [3.63, 3.8) is 0 Å². The summed E-state index contributed by atoms with van der Waals surface area (Å²) in [4.78, 5) is 16.0. The SMILES string of the molecule is Cc1cccc(CCNC(=O)c2ccc(CN)cn2)c1. The van der Waals surface area contributed by atoms with Crippen LogP contribution < -0.4 is 11.1 Å². The fraction of sp³-hybridized carbons (Fsp3) is 0.250. The number of nitrogens with one attached hydrogen (secondary N) is 1. The first-order valence-corrected chi connectivity index (χ1v) is 6.68. The molecule has 0 bridgehead atoms. The Balaban J connectivity index is 1.85. The quantitative estimate of drug-likeness (QED) is 0.870. The second kappa shape index (κ2) is 6.82. The largest absolute Gasteiger partial charge is 0.350 e. The highest BCUT2D eigenvalue weighted by Crippen LogP contribution is 2.04. The van der Waals surface area contributed by atoms with E-state index >= 15 is 0 Å². The molecule has 104 valence electrons. The number of amides is 1. The zero-order valence-corrected chi connectivity index (χ0v) is 11.6. The Kier molecular flexibility index (Phi) is 4.85. The lowest BCUT2D eigenvalue weighted by Gasteiger charge is -2.06. The van der Waals surface area contributed by atoms with E-state index in [1.54, 1.807) is 12.3 Å². The minimum absolute atomic E-state index is 0.152. The molecule has 1 aromatic carbocycles. The number of carbonyl (C=O) groups is 1. The predicted molar refractivity (Wildman–Crippen MR) is 79.3 cm³/mol. The van der Waals surface area contributed by atoms with Gasteiger partial charge in [-0.1, -0.05) is 35.9 Å². The van der Waals surface area contributed by atoms with Crippen molar-refractivity contribution in [1.82, 2.24) is 10.3 Å². The normalized spacial score (nSPS) is 10.3. The van der Waals surface area contributed by atoms with Crippen molar-refractivity contribution in [2.75, 3.05) is 6.54 Å². The first-order chi connectivity index (χ1) is 9.69. The molecule has 0 atom stereocenters. The molecule has 2 aromatic rings. The van der Waals surface area contributed by atoms with Crippen LogP contribution >= 0.6 is 0 Å². The van der Waals surface area contributed by atoms with Crippen LogP contribution in [0.15, 0.2) is 42.6 Å². The fourth-order valence-electron chi connectivity index (χ4n) is 1.96. The predicted octanol–water partition coefficient (Wildman–Crippen LogP) is 1.82. The smallest absolute Gasteiger partial charge is 0.269 e. The molecule has 0 aliphatic carbocycles. The number of hydrogen-bond acceptors (Lipinski definition) is 3. The second-order valence-corrected chi connectivity index (χ2v) is 4.75. The van der Waals surface area contributed by atoms with E-state index in [0.29, 0.717) is 18.8 Å². The third-order valence-electron chi connectivity index (χ3n) is 3.07. The van der Waals surface area contributed by atoms with Crippen LogP contribution in [-0.4, -0.2) is 17.4 Å². The standard InChI is InChI=1S/C16H19N3O/c1-12-3-2-4-13(9-12)7-8-18-16(20)15-6-5-14(10-17)11-19-15/h2-6,9,11H,7-8,10,17H2,1H3,(H,18,20). The number of benzene rings is 1. The van der Waals surface area contributed by atoms with Crippen molar-refractivity contribution >= 4 is 5.91 Å². The van der Waals surface area contributed by atoms with Gasteiger partial charge in [0.2, 0.25) is 0 Å². The monoisotopic (exact) mass is 269 g/mol. The number of rotatable bonds is 5. The van der Waals surface area contributed by atoms with Crippen molar-refractivity contribution in [1.29, 1.82) is 0 Å². The summed E-state index contributed by atoms with van der Waals surface area (Å²) in [6.45, 7) is 3.09. The van der Waals surface area contributed by atoms with E-state index in [9.17, 15) is 4.79 Å². The van der Waals surface area contributed by atoms with E-state index in [0.717, 1.165) is 12.0 Å². The van der Waals surface area contributed by atoms with Crippen LogP contribution in [-0.2, 0) is 13.0 Å². The third-order valence-corrected chi connectivity index (χ3v) is 3.07. The van der Waals surface area contributed by atoms with Crippen molar-refractivity contribution in [3.05, 3.63) is 65.0 Å². The average Bonchev–Trinajstić information content (AvgIpc) is 2.47. The van der Waals surface area contributed by atoms with E-state index in [4.69, 9.17) is 5.73 Å². The minimum Gasteiger partial charge on any atom is -0.350 e. The number of aromatic nitrogens is 1. The van der Waals surface area contributed by atoms with Crippen molar-refractivity contribution < 1.29 is 4.79 Å². The molecule has 4 heteroatoms. The van der Waals surface area contributed by atoms with Gasteiger partial charge >= 0.3 is 0 Å². The summed E-state index contributed by atoms with van der Waals surface area (Å²) in [7, 11) is 0. The highest BCUT2D eigenvalue weighted by Gasteiger charge is 2.06. The number of carbonyl (C=O) groups excluding carboxylic acids is 1. The Morgan fingerprint density at radius 3 is 2.75 bits per heavy atom. The first kappa shape index (κ1) is 14.2. The average molecular weight is 269 g/mol. The van der Waals surface area contributed by atoms with Crippen LogP contribution in [0.3, 0.4) is 0 Å². The number of pyridine rings is 1. The molecule has 0 saturated carbocycles. The van der Waals surface area contributed by atoms with Crippen molar-refractivity contribution in [2.45, 2.75) is 19.9 Å². The maximum absolute atomic E-state index is 11.9. The summed E-state index contributed by atoms with van der Waals surface area (Å²) < 4.78 is 0. The van der Waals surface area contributed by atoms with Gasteiger partial charge in [-0.3, -0.25) is 9.78 Å². The van der Waals surface area contributed by atoms with Gasteiger partial charge in [0.05, 0.1) is 0 Å². The van der Waals surface area contributed by atoms with E-state index in [1.165, 1.54) is 11.1 Å². The van der Waals surface area contributed by atoms with Crippen LogP contribution in [0.1, 0.15) is 27.2 Å². The Morgan fingerprint density at radius 2 is 2.10 bits per heavy atom. The Labute approximate surface area is 119 Å². The molecule has 2 rings (SSSR count).